The van der Waals surface area contributed by atoms with E-state index in [0.29, 0.717) is 5.56 Å². The zero-order chi connectivity index (χ0) is 20.4. The van der Waals surface area contributed by atoms with Gasteiger partial charge >= 0.3 is 5.97 Å². The van der Waals surface area contributed by atoms with Gasteiger partial charge in [0.05, 0.1) is 17.7 Å². The maximum absolute atomic E-state index is 12.6. The molecule has 8 nitrogen and oxygen atoms in total. The fourth-order valence-corrected chi connectivity index (χ4v) is 2.95. The molecule has 9 heteroatoms. The van der Waals surface area contributed by atoms with Gasteiger partial charge in [-0.2, -0.15) is 5.26 Å². The van der Waals surface area contributed by atoms with Crippen molar-refractivity contribution in [2.75, 3.05) is 6.61 Å². The van der Waals surface area contributed by atoms with Crippen molar-refractivity contribution in [2.45, 2.75) is 32.5 Å². The van der Waals surface area contributed by atoms with E-state index < -0.39 is 29.5 Å². The molecule has 1 heterocycles. The van der Waals surface area contributed by atoms with Crippen LogP contribution in [-0.4, -0.2) is 33.6 Å². The van der Waals surface area contributed by atoms with Gasteiger partial charge in [0.2, 0.25) is 0 Å². The summed E-state index contributed by atoms with van der Waals surface area (Å²) in [5, 5.41) is 29.8. The second kappa shape index (κ2) is 7.72. The minimum atomic E-state index is -1.37. The van der Waals surface area contributed by atoms with Crippen LogP contribution in [0.2, 0.25) is 0 Å². The Kier molecular flexibility index (Phi) is 5.81. The molecule has 1 aliphatic rings. The largest absolute Gasteiger partial charge is 0.504 e. The number of hydrogen-bond donors (Lipinski definition) is 3. The number of rotatable bonds is 6. The van der Waals surface area contributed by atoms with Gasteiger partial charge in [0.25, 0.3) is 11.7 Å². The van der Waals surface area contributed by atoms with Gasteiger partial charge in [-0.05, 0) is 24.6 Å². The summed E-state index contributed by atoms with van der Waals surface area (Å²) in [5.74, 6) is -5.12. The molecule has 0 aromatic heterocycles. The third-order valence-corrected chi connectivity index (χ3v) is 4.12. The van der Waals surface area contributed by atoms with Gasteiger partial charge in [0, 0.05) is 19.8 Å². The van der Waals surface area contributed by atoms with Crippen molar-refractivity contribution in [1.82, 2.24) is 0 Å². The van der Waals surface area contributed by atoms with E-state index in [1.54, 1.807) is 6.92 Å². The molecule has 0 radical (unpaired) electrons. The summed E-state index contributed by atoms with van der Waals surface area (Å²) < 4.78 is 15.8. The van der Waals surface area contributed by atoms with Crippen LogP contribution < -0.4 is 10.5 Å². The van der Waals surface area contributed by atoms with Crippen LogP contribution >= 0.6 is 12.2 Å². The Morgan fingerprint density at radius 1 is 1.41 bits per heavy atom. The minimum Gasteiger partial charge on any atom is -0.504 e. The number of thiocarbonyl (C=S) groups is 1. The Hall–Kier alpha value is -2.99. The van der Waals surface area contributed by atoms with Gasteiger partial charge in [0.1, 0.15) is 11.5 Å². The Bertz CT molecular complexity index is 843. The predicted molar refractivity (Wildman–Crippen MR) is 98.8 cm³/mol. The summed E-state index contributed by atoms with van der Waals surface area (Å²) in [5.41, 5.74) is 5.76. The molecule has 1 aliphatic heterocycles. The second-order valence-electron chi connectivity index (χ2n) is 6.26. The molecule has 4 N–H and O–H groups in total. The molecular weight excluding hydrogens is 372 g/mol. The quantitative estimate of drug-likeness (QED) is 0.492. The number of aliphatic hydroxyl groups is 1. The fourth-order valence-electron chi connectivity index (χ4n) is 2.76. The SMILES string of the molecule is CCOc1cc(C(C2=C(O)OC(C)(C)OC2=O)C(C#N)C(N)=S)ccc1O. The molecule has 2 atom stereocenters. The third kappa shape index (κ3) is 4.23. The molecule has 144 valence electrons. The zero-order valence-corrected chi connectivity index (χ0v) is 15.9. The molecule has 1 aromatic carbocycles. The Morgan fingerprint density at radius 3 is 2.59 bits per heavy atom. The molecule has 0 saturated carbocycles. The minimum absolute atomic E-state index is 0.120. The molecule has 2 unspecified atom stereocenters. The van der Waals surface area contributed by atoms with E-state index in [1.807, 2.05) is 6.07 Å². The van der Waals surface area contributed by atoms with Crippen molar-refractivity contribution in [1.29, 1.82) is 5.26 Å². The molecular formula is C18H20N2O6S. The summed E-state index contributed by atoms with van der Waals surface area (Å²) >= 11 is 4.97. The molecule has 0 fully saturated rings. The van der Waals surface area contributed by atoms with Crippen LogP contribution in [0.4, 0.5) is 0 Å². The highest BCUT2D eigenvalue weighted by Crippen LogP contribution is 2.41. The topological polar surface area (TPSA) is 135 Å². The summed E-state index contributed by atoms with van der Waals surface area (Å²) in [6.45, 7) is 4.93. The number of phenolic OH excluding ortho intramolecular Hbond substituents is 1. The number of aromatic hydroxyl groups is 1. The van der Waals surface area contributed by atoms with E-state index in [9.17, 15) is 20.3 Å². The molecule has 0 amide bonds. The lowest BCUT2D eigenvalue weighted by Crippen LogP contribution is -2.40. The number of hydrogen-bond acceptors (Lipinski definition) is 8. The van der Waals surface area contributed by atoms with E-state index >= 15 is 0 Å². The molecule has 0 spiro atoms. The number of aliphatic hydroxyl groups excluding tert-OH is 1. The Morgan fingerprint density at radius 2 is 2.07 bits per heavy atom. The number of ether oxygens (including phenoxy) is 3. The zero-order valence-electron chi connectivity index (χ0n) is 15.1. The van der Waals surface area contributed by atoms with Crippen molar-refractivity contribution in [2.24, 2.45) is 11.7 Å². The second-order valence-corrected chi connectivity index (χ2v) is 6.73. The number of phenols is 1. The number of carbonyl (C=O) groups is 1. The smallest absolute Gasteiger partial charge is 0.345 e. The van der Waals surface area contributed by atoms with Gasteiger partial charge in [0.15, 0.2) is 11.5 Å². The first-order valence-electron chi connectivity index (χ1n) is 8.11. The normalized spacial score (nSPS) is 17.9. The fraction of sp³-hybridized carbons (Fsp3) is 0.389. The number of nitrogens with zero attached hydrogens (tertiary/aromatic N) is 1. The van der Waals surface area contributed by atoms with E-state index in [0.717, 1.165) is 0 Å². The Balaban J connectivity index is 2.67. The van der Waals surface area contributed by atoms with Crippen LogP contribution in [-0.2, 0) is 14.3 Å². The van der Waals surface area contributed by atoms with Crippen molar-refractivity contribution < 1.29 is 29.2 Å². The van der Waals surface area contributed by atoms with Gasteiger partial charge in [-0.15, -0.1) is 0 Å². The first-order valence-corrected chi connectivity index (χ1v) is 8.52. The van der Waals surface area contributed by atoms with Crippen LogP contribution in [0.3, 0.4) is 0 Å². The van der Waals surface area contributed by atoms with Gasteiger partial charge in [-0.1, -0.05) is 18.3 Å². The van der Waals surface area contributed by atoms with Gasteiger partial charge in [-0.25, -0.2) is 4.79 Å². The van der Waals surface area contributed by atoms with Gasteiger partial charge < -0.3 is 30.2 Å². The van der Waals surface area contributed by atoms with Crippen LogP contribution in [0.5, 0.6) is 11.5 Å². The summed E-state index contributed by atoms with van der Waals surface area (Å²) in [6, 6.07) is 6.21. The highest BCUT2D eigenvalue weighted by molar-refractivity contribution is 7.80. The molecule has 2 rings (SSSR count). The third-order valence-electron chi connectivity index (χ3n) is 3.86. The maximum atomic E-state index is 12.6. The van der Waals surface area contributed by atoms with Gasteiger partial charge in [-0.3, -0.25) is 0 Å². The number of esters is 1. The number of benzene rings is 1. The summed E-state index contributed by atoms with van der Waals surface area (Å²) in [7, 11) is 0. The highest BCUT2D eigenvalue weighted by Gasteiger charge is 2.44. The van der Waals surface area contributed by atoms with E-state index in [1.165, 1.54) is 32.0 Å². The predicted octanol–water partition coefficient (Wildman–Crippen LogP) is 2.38. The van der Waals surface area contributed by atoms with Crippen molar-refractivity contribution in [3.63, 3.8) is 0 Å². The van der Waals surface area contributed by atoms with Crippen molar-refractivity contribution >= 4 is 23.2 Å². The first kappa shape index (κ1) is 20.3. The van der Waals surface area contributed by atoms with Crippen molar-refractivity contribution in [3.8, 4) is 17.6 Å². The molecule has 1 aromatic rings. The monoisotopic (exact) mass is 392 g/mol. The average Bonchev–Trinajstić information content (AvgIpc) is 2.54. The van der Waals surface area contributed by atoms with E-state index in [2.05, 4.69) is 0 Å². The standard InChI is InChI=1S/C18H20N2O6S/c1-4-24-12-7-9(5-6-11(12)21)13(10(8-19)15(20)27)14-16(22)25-18(2,3)26-17(14)23/h5-7,10,13,21-22H,4H2,1-3H3,(H2,20,27). The lowest BCUT2D eigenvalue weighted by Gasteiger charge is -2.34. The average molecular weight is 392 g/mol. The number of carbonyl (C=O) groups excluding carboxylic acids is 1. The molecule has 0 aliphatic carbocycles. The lowest BCUT2D eigenvalue weighted by molar-refractivity contribution is -0.222. The molecule has 0 saturated heterocycles. The van der Waals surface area contributed by atoms with E-state index in [-0.39, 0.29) is 28.7 Å². The number of nitriles is 1. The molecule has 0 bridgehead atoms. The van der Waals surface area contributed by atoms with Crippen LogP contribution in [0.15, 0.2) is 29.7 Å². The molecule has 27 heavy (non-hydrogen) atoms. The lowest BCUT2D eigenvalue weighted by atomic mass is 9.80. The first-order chi connectivity index (χ1) is 12.6. The van der Waals surface area contributed by atoms with E-state index in [4.69, 9.17) is 32.2 Å². The Labute approximate surface area is 161 Å². The van der Waals surface area contributed by atoms with Crippen LogP contribution in [0, 0.1) is 17.2 Å². The summed E-state index contributed by atoms with van der Waals surface area (Å²) in [6.07, 6.45) is 0. The maximum Gasteiger partial charge on any atom is 0.345 e. The highest BCUT2D eigenvalue weighted by atomic mass is 32.1. The van der Waals surface area contributed by atoms with Crippen LogP contribution in [0.25, 0.3) is 0 Å². The number of nitrogens with two attached hydrogens (primary N) is 1. The summed E-state index contributed by atoms with van der Waals surface area (Å²) in [4.78, 5) is 12.4. The van der Waals surface area contributed by atoms with Crippen LogP contribution in [0.1, 0.15) is 32.3 Å². The number of cyclic esters (lactones) is 1. The van der Waals surface area contributed by atoms with Crippen molar-refractivity contribution in [3.05, 3.63) is 35.3 Å².